The number of halogens is 4. The third-order valence-electron chi connectivity index (χ3n) is 2.84. The van der Waals surface area contributed by atoms with Gasteiger partial charge >= 0.3 is 0 Å². The lowest BCUT2D eigenvalue weighted by molar-refractivity contribution is 0.481. The lowest BCUT2D eigenvalue weighted by atomic mass is 10.0. The lowest BCUT2D eigenvalue weighted by Gasteiger charge is -2.18. The van der Waals surface area contributed by atoms with Gasteiger partial charge in [-0.2, -0.15) is 0 Å². The number of benzene rings is 1. The van der Waals surface area contributed by atoms with Gasteiger partial charge in [0.1, 0.15) is 4.34 Å². The SMILES string of the molecule is CCCNC(c1cc(Br)c(Cl)s1)c1cccc(F)c1F. The minimum atomic E-state index is -0.840. The summed E-state index contributed by atoms with van der Waals surface area (Å²) in [5.41, 5.74) is 0.295. The highest BCUT2D eigenvalue weighted by molar-refractivity contribution is 9.10. The van der Waals surface area contributed by atoms with Gasteiger partial charge in [0.15, 0.2) is 11.6 Å². The summed E-state index contributed by atoms with van der Waals surface area (Å²) in [5.74, 6) is -1.66. The largest absolute Gasteiger partial charge is 0.306 e. The Balaban J connectivity index is 2.44. The van der Waals surface area contributed by atoms with Crippen LogP contribution >= 0.6 is 38.9 Å². The zero-order valence-corrected chi connectivity index (χ0v) is 13.9. The average molecular weight is 381 g/mol. The molecule has 1 atom stereocenters. The highest BCUT2D eigenvalue weighted by Gasteiger charge is 2.22. The molecule has 0 aliphatic carbocycles. The number of hydrogen-bond acceptors (Lipinski definition) is 2. The fourth-order valence-corrected chi connectivity index (χ4v) is 3.73. The van der Waals surface area contributed by atoms with Crippen LogP contribution in [0, 0.1) is 11.6 Å². The molecule has 1 nitrogen and oxygen atoms in total. The van der Waals surface area contributed by atoms with Crippen molar-refractivity contribution in [2.75, 3.05) is 6.54 Å². The van der Waals surface area contributed by atoms with Gasteiger partial charge in [-0.1, -0.05) is 30.7 Å². The second-order valence-corrected chi connectivity index (χ2v) is 6.84. The van der Waals surface area contributed by atoms with Crippen molar-refractivity contribution in [2.24, 2.45) is 0 Å². The van der Waals surface area contributed by atoms with Crippen molar-refractivity contribution in [2.45, 2.75) is 19.4 Å². The van der Waals surface area contributed by atoms with Gasteiger partial charge in [0.05, 0.1) is 6.04 Å². The van der Waals surface area contributed by atoms with Crippen molar-refractivity contribution in [1.82, 2.24) is 5.32 Å². The molecule has 0 radical (unpaired) electrons. The van der Waals surface area contributed by atoms with Crippen molar-refractivity contribution >= 4 is 38.9 Å². The minimum Gasteiger partial charge on any atom is -0.306 e. The van der Waals surface area contributed by atoms with E-state index < -0.39 is 17.7 Å². The molecule has 2 rings (SSSR count). The predicted molar refractivity (Wildman–Crippen MR) is 83.5 cm³/mol. The Hall–Kier alpha value is -0.490. The molecular formula is C14H13BrClF2NS. The van der Waals surface area contributed by atoms with Crippen molar-refractivity contribution in [3.05, 3.63) is 55.1 Å². The van der Waals surface area contributed by atoms with Crippen LogP contribution < -0.4 is 5.32 Å². The average Bonchev–Trinajstić information content (AvgIpc) is 2.74. The van der Waals surface area contributed by atoms with E-state index >= 15 is 0 Å². The van der Waals surface area contributed by atoms with Gasteiger partial charge in [-0.05, 0) is 41.0 Å². The molecule has 0 saturated carbocycles. The van der Waals surface area contributed by atoms with Crippen molar-refractivity contribution in [1.29, 1.82) is 0 Å². The molecule has 0 aliphatic rings. The van der Waals surface area contributed by atoms with Crippen LogP contribution in [0.2, 0.25) is 4.34 Å². The molecule has 0 fully saturated rings. The van der Waals surface area contributed by atoms with Crippen LogP contribution in [0.3, 0.4) is 0 Å². The Kier molecular flexibility index (Phi) is 5.55. The summed E-state index contributed by atoms with van der Waals surface area (Å²) in [7, 11) is 0. The molecule has 1 unspecified atom stereocenters. The first-order valence-electron chi connectivity index (χ1n) is 6.16. The summed E-state index contributed by atoms with van der Waals surface area (Å²) < 4.78 is 28.8. The van der Waals surface area contributed by atoms with Gasteiger partial charge in [0.25, 0.3) is 0 Å². The molecule has 0 bridgehead atoms. The number of hydrogen-bond donors (Lipinski definition) is 1. The highest BCUT2D eigenvalue weighted by atomic mass is 79.9. The monoisotopic (exact) mass is 379 g/mol. The van der Waals surface area contributed by atoms with Crippen LogP contribution in [0.1, 0.15) is 29.8 Å². The summed E-state index contributed by atoms with van der Waals surface area (Å²) in [6.07, 6.45) is 0.897. The van der Waals surface area contributed by atoms with E-state index in [0.29, 0.717) is 16.4 Å². The molecule has 2 aromatic rings. The van der Waals surface area contributed by atoms with Gasteiger partial charge in [0.2, 0.25) is 0 Å². The van der Waals surface area contributed by atoms with Crippen LogP contribution in [0.25, 0.3) is 0 Å². The maximum Gasteiger partial charge on any atom is 0.163 e. The zero-order chi connectivity index (χ0) is 14.7. The van der Waals surface area contributed by atoms with Gasteiger partial charge in [0, 0.05) is 14.9 Å². The van der Waals surface area contributed by atoms with Crippen LogP contribution in [-0.2, 0) is 0 Å². The first kappa shape index (κ1) is 15.9. The van der Waals surface area contributed by atoms with E-state index in [0.717, 1.165) is 21.8 Å². The van der Waals surface area contributed by atoms with Gasteiger partial charge in [-0.25, -0.2) is 8.78 Å². The Morgan fingerprint density at radius 2 is 2.15 bits per heavy atom. The summed E-state index contributed by atoms with van der Waals surface area (Å²) in [4.78, 5) is 0.847. The Morgan fingerprint density at radius 3 is 2.75 bits per heavy atom. The smallest absolute Gasteiger partial charge is 0.163 e. The molecule has 0 aliphatic heterocycles. The van der Waals surface area contributed by atoms with E-state index in [-0.39, 0.29) is 0 Å². The third-order valence-corrected chi connectivity index (χ3v) is 5.38. The third kappa shape index (κ3) is 3.39. The second-order valence-electron chi connectivity index (χ2n) is 4.30. The molecule has 1 aromatic heterocycles. The molecule has 108 valence electrons. The molecule has 6 heteroatoms. The predicted octanol–water partition coefficient (Wildman–Crippen LogP) is 5.53. The van der Waals surface area contributed by atoms with Crippen LogP contribution in [0.5, 0.6) is 0 Å². The van der Waals surface area contributed by atoms with E-state index in [2.05, 4.69) is 21.2 Å². The number of nitrogens with one attached hydrogen (secondary N) is 1. The Labute approximate surface area is 134 Å². The van der Waals surface area contributed by atoms with Crippen LogP contribution in [0.15, 0.2) is 28.7 Å². The maximum atomic E-state index is 14.0. The fourth-order valence-electron chi connectivity index (χ4n) is 1.90. The zero-order valence-electron chi connectivity index (χ0n) is 10.7. The number of rotatable bonds is 5. The molecule has 0 amide bonds. The molecule has 0 spiro atoms. The topological polar surface area (TPSA) is 12.0 Å². The van der Waals surface area contributed by atoms with Gasteiger partial charge in [-0.15, -0.1) is 11.3 Å². The first-order chi connectivity index (χ1) is 9.54. The summed E-state index contributed by atoms with van der Waals surface area (Å²) >= 11 is 10.7. The molecular weight excluding hydrogens is 368 g/mol. The molecule has 20 heavy (non-hydrogen) atoms. The molecule has 0 saturated heterocycles. The normalized spacial score (nSPS) is 12.7. The first-order valence-corrected chi connectivity index (χ1v) is 8.15. The van der Waals surface area contributed by atoms with Crippen molar-refractivity contribution in [3.63, 3.8) is 0 Å². The molecule has 1 heterocycles. The van der Waals surface area contributed by atoms with Crippen LogP contribution in [-0.4, -0.2) is 6.54 Å². The van der Waals surface area contributed by atoms with Crippen LogP contribution in [0.4, 0.5) is 8.78 Å². The Bertz CT molecular complexity index is 583. The van der Waals surface area contributed by atoms with E-state index in [1.54, 1.807) is 6.07 Å². The second kappa shape index (κ2) is 6.98. The highest BCUT2D eigenvalue weighted by Crippen LogP contribution is 2.38. The van der Waals surface area contributed by atoms with Crippen molar-refractivity contribution < 1.29 is 8.78 Å². The van der Waals surface area contributed by atoms with E-state index in [9.17, 15) is 8.78 Å². The molecule has 1 N–H and O–H groups in total. The summed E-state index contributed by atoms with van der Waals surface area (Å²) in [5, 5.41) is 3.23. The maximum absolute atomic E-state index is 14.0. The minimum absolute atomic E-state index is 0.295. The molecule has 1 aromatic carbocycles. The summed E-state index contributed by atoms with van der Waals surface area (Å²) in [6.45, 7) is 2.72. The lowest BCUT2D eigenvalue weighted by Crippen LogP contribution is -2.23. The quantitative estimate of drug-likeness (QED) is 0.719. The van der Waals surface area contributed by atoms with E-state index in [1.165, 1.54) is 17.4 Å². The van der Waals surface area contributed by atoms with Crippen molar-refractivity contribution in [3.8, 4) is 0 Å². The standard InChI is InChI=1S/C14H13BrClF2NS/c1-2-6-19-13(11-7-9(15)14(16)20-11)8-4-3-5-10(17)12(8)18/h3-5,7,13,19H,2,6H2,1H3. The van der Waals surface area contributed by atoms with Gasteiger partial charge in [-0.3, -0.25) is 0 Å². The fraction of sp³-hybridized carbons (Fsp3) is 0.286. The van der Waals surface area contributed by atoms with Gasteiger partial charge < -0.3 is 5.32 Å². The Morgan fingerprint density at radius 1 is 1.40 bits per heavy atom. The summed E-state index contributed by atoms with van der Waals surface area (Å²) in [6, 6.07) is 5.66. The van der Waals surface area contributed by atoms with E-state index in [4.69, 9.17) is 11.6 Å². The number of thiophene rings is 1. The van der Waals surface area contributed by atoms with E-state index in [1.807, 2.05) is 13.0 Å².